The molecule has 22 heavy (non-hydrogen) atoms. The van der Waals surface area contributed by atoms with Gasteiger partial charge in [-0.15, -0.1) is 0 Å². The van der Waals surface area contributed by atoms with Gasteiger partial charge >= 0.3 is 0 Å². The summed E-state index contributed by atoms with van der Waals surface area (Å²) in [6.07, 6.45) is 7.93. The van der Waals surface area contributed by atoms with Crippen molar-refractivity contribution in [2.24, 2.45) is 11.3 Å². The standard InChI is InChI=1S/C18H34N2O2/c1-17(2,18(21)8-3-4-9-18)13-20-16-7-11-22-12-14(16)15-6-5-10-19-15/h14-16,19-21H,3-13H2,1-2H3. The molecular weight excluding hydrogens is 276 g/mol. The second kappa shape index (κ2) is 6.76. The Kier molecular flexibility index (Phi) is 5.13. The molecule has 3 fully saturated rings. The molecule has 0 spiro atoms. The molecule has 3 unspecified atom stereocenters. The quantitative estimate of drug-likeness (QED) is 0.727. The molecule has 3 aliphatic rings. The van der Waals surface area contributed by atoms with Gasteiger partial charge in [0.05, 0.1) is 12.2 Å². The molecule has 0 radical (unpaired) electrons. The molecule has 0 aromatic rings. The van der Waals surface area contributed by atoms with Crippen LogP contribution in [0.25, 0.3) is 0 Å². The third-order valence-electron chi connectivity index (χ3n) is 6.51. The zero-order valence-corrected chi connectivity index (χ0v) is 14.4. The molecule has 3 rings (SSSR count). The highest BCUT2D eigenvalue weighted by molar-refractivity contribution is 4.99. The van der Waals surface area contributed by atoms with E-state index in [9.17, 15) is 5.11 Å². The van der Waals surface area contributed by atoms with E-state index in [1.807, 2.05) is 0 Å². The lowest BCUT2D eigenvalue weighted by molar-refractivity contribution is -0.0650. The topological polar surface area (TPSA) is 53.5 Å². The van der Waals surface area contributed by atoms with Gasteiger partial charge in [0.2, 0.25) is 0 Å². The fourth-order valence-electron chi connectivity index (χ4n) is 4.67. The fourth-order valence-corrected chi connectivity index (χ4v) is 4.67. The number of hydrogen-bond acceptors (Lipinski definition) is 4. The first-order valence-corrected chi connectivity index (χ1v) is 9.29. The van der Waals surface area contributed by atoms with Crippen LogP contribution in [0.4, 0.5) is 0 Å². The van der Waals surface area contributed by atoms with Gasteiger partial charge in [-0.25, -0.2) is 0 Å². The summed E-state index contributed by atoms with van der Waals surface area (Å²) in [4.78, 5) is 0. The summed E-state index contributed by atoms with van der Waals surface area (Å²) in [5.41, 5.74) is -0.540. The predicted octanol–water partition coefficient (Wildman–Crippen LogP) is 2.06. The molecule has 2 aliphatic heterocycles. The number of rotatable bonds is 5. The van der Waals surface area contributed by atoms with E-state index < -0.39 is 5.60 Å². The van der Waals surface area contributed by atoms with Gasteiger partial charge in [-0.2, -0.15) is 0 Å². The minimum atomic E-state index is -0.480. The van der Waals surface area contributed by atoms with Gasteiger partial charge in [0.25, 0.3) is 0 Å². The highest BCUT2D eigenvalue weighted by Gasteiger charge is 2.45. The van der Waals surface area contributed by atoms with E-state index in [1.165, 1.54) is 25.7 Å². The van der Waals surface area contributed by atoms with Gasteiger partial charge in [0.1, 0.15) is 0 Å². The van der Waals surface area contributed by atoms with Crippen LogP contribution in [0, 0.1) is 11.3 Å². The van der Waals surface area contributed by atoms with Crippen molar-refractivity contribution in [2.75, 3.05) is 26.3 Å². The minimum absolute atomic E-state index is 0.0601. The Morgan fingerprint density at radius 1 is 1.23 bits per heavy atom. The Morgan fingerprint density at radius 3 is 2.68 bits per heavy atom. The summed E-state index contributed by atoms with van der Waals surface area (Å²) in [5.74, 6) is 0.574. The number of aliphatic hydroxyl groups is 1. The Labute approximate surface area is 135 Å². The first-order chi connectivity index (χ1) is 10.5. The molecule has 2 heterocycles. The maximum Gasteiger partial charge on any atom is 0.0710 e. The average molecular weight is 310 g/mol. The summed E-state index contributed by atoms with van der Waals surface area (Å²) < 4.78 is 5.75. The largest absolute Gasteiger partial charge is 0.389 e. The Balaban J connectivity index is 1.58. The number of hydrogen-bond donors (Lipinski definition) is 3. The van der Waals surface area contributed by atoms with Gasteiger partial charge in [-0.05, 0) is 38.6 Å². The molecular formula is C18H34N2O2. The van der Waals surface area contributed by atoms with Crippen molar-refractivity contribution in [2.45, 2.75) is 76.5 Å². The van der Waals surface area contributed by atoms with Crippen LogP contribution in [0.15, 0.2) is 0 Å². The predicted molar refractivity (Wildman–Crippen MR) is 88.9 cm³/mol. The zero-order chi connectivity index (χ0) is 15.6. The molecule has 0 bridgehead atoms. The summed E-state index contributed by atoms with van der Waals surface area (Å²) in [5, 5.41) is 18.4. The van der Waals surface area contributed by atoms with Gasteiger partial charge in [-0.3, -0.25) is 0 Å². The van der Waals surface area contributed by atoms with Gasteiger partial charge in [0.15, 0.2) is 0 Å². The molecule has 0 aromatic heterocycles. The van der Waals surface area contributed by atoms with Crippen LogP contribution in [-0.2, 0) is 4.74 Å². The van der Waals surface area contributed by atoms with Crippen molar-refractivity contribution in [3.63, 3.8) is 0 Å². The first kappa shape index (κ1) is 16.7. The van der Waals surface area contributed by atoms with Crippen molar-refractivity contribution in [3.8, 4) is 0 Å². The lowest BCUT2D eigenvalue weighted by Gasteiger charge is -2.43. The average Bonchev–Trinajstić information content (AvgIpc) is 3.18. The zero-order valence-electron chi connectivity index (χ0n) is 14.4. The van der Waals surface area contributed by atoms with Crippen LogP contribution in [0.5, 0.6) is 0 Å². The third-order valence-corrected chi connectivity index (χ3v) is 6.51. The molecule has 4 heteroatoms. The molecule has 2 saturated heterocycles. The molecule has 3 N–H and O–H groups in total. The van der Waals surface area contributed by atoms with Crippen LogP contribution in [0.2, 0.25) is 0 Å². The van der Waals surface area contributed by atoms with Gasteiger partial charge in [-0.1, -0.05) is 26.7 Å². The van der Waals surface area contributed by atoms with Crippen molar-refractivity contribution in [1.82, 2.24) is 10.6 Å². The molecule has 0 amide bonds. The van der Waals surface area contributed by atoms with Crippen LogP contribution >= 0.6 is 0 Å². The Bertz CT molecular complexity index is 360. The van der Waals surface area contributed by atoms with Crippen LogP contribution < -0.4 is 10.6 Å². The minimum Gasteiger partial charge on any atom is -0.389 e. The second-order valence-electron chi connectivity index (χ2n) is 8.34. The third kappa shape index (κ3) is 3.35. The monoisotopic (exact) mass is 310 g/mol. The SMILES string of the molecule is CC(C)(CNC1CCOCC1C1CCCN1)C1(O)CCCC1. The number of ether oxygens (including phenoxy) is 1. The molecule has 0 aromatic carbocycles. The van der Waals surface area contributed by atoms with Crippen LogP contribution in [0.1, 0.15) is 58.8 Å². The van der Waals surface area contributed by atoms with Gasteiger partial charge in [0, 0.05) is 36.6 Å². The Morgan fingerprint density at radius 2 is 2.00 bits per heavy atom. The summed E-state index contributed by atoms with van der Waals surface area (Å²) in [6.45, 7) is 8.25. The summed E-state index contributed by atoms with van der Waals surface area (Å²) >= 11 is 0. The van der Waals surface area contributed by atoms with Crippen molar-refractivity contribution >= 4 is 0 Å². The van der Waals surface area contributed by atoms with Crippen LogP contribution in [-0.4, -0.2) is 49.1 Å². The first-order valence-electron chi connectivity index (χ1n) is 9.29. The summed E-state index contributed by atoms with van der Waals surface area (Å²) in [6, 6.07) is 1.13. The Hall–Kier alpha value is -0.160. The van der Waals surface area contributed by atoms with Crippen molar-refractivity contribution in [3.05, 3.63) is 0 Å². The number of nitrogens with one attached hydrogen (secondary N) is 2. The molecule has 1 saturated carbocycles. The molecule has 1 aliphatic carbocycles. The van der Waals surface area contributed by atoms with E-state index >= 15 is 0 Å². The molecule has 4 nitrogen and oxygen atoms in total. The smallest absolute Gasteiger partial charge is 0.0710 e. The summed E-state index contributed by atoms with van der Waals surface area (Å²) in [7, 11) is 0. The lowest BCUT2D eigenvalue weighted by atomic mass is 9.73. The van der Waals surface area contributed by atoms with Crippen molar-refractivity contribution in [1.29, 1.82) is 0 Å². The molecule has 3 atom stereocenters. The maximum atomic E-state index is 10.9. The van der Waals surface area contributed by atoms with E-state index in [0.29, 0.717) is 18.0 Å². The fraction of sp³-hybridized carbons (Fsp3) is 1.00. The van der Waals surface area contributed by atoms with E-state index in [4.69, 9.17) is 4.74 Å². The highest BCUT2D eigenvalue weighted by Crippen LogP contribution is 2.43. The lowest BCUT2D eigenvalue weighted by Crippen LogP contribution is -2.55. The molecule has 128 valence electrons. The van der Waals surface area contributed by atoms with E-state index in [1.54, 1.807) is 0 Å². The van der Waals surface area contributed by atoms with Gasteiger partial charge < -0.3 is 20.5 Å². The van der Waals surface area contributed by atoms with Crippen molar-refractivity contribution < 1.29 is 9.84 Å². The van der Waals surface area contributed by atoms with E-state index in [-0.39, 0.29) is 5.41 Å². The highest BCUT2D eigenvalue weighted by atomic mass is 16.5. The maximum absolute atomic E-state index is 10.9. The van der Waals surface area contributed by atoms with E-state index in [2.05, 4.69) is 24.5 Å². The van der Waals surface area contributed by atoms with Crippen LogP contribution in [0.3, 0.4) is 0 Å². The normalized spacial score (nSPS) is 35.9. The van der Waals surface area contributed by atoms with E-state index in [0.717, 1.165) is 45.6 Å². The second-order valence-corrected chi connectivity index (χ2v) is 8.34.